The number of fused-ring (bicyclic) bond motifs is 1. The standard InChI is InChI=1S/C20H18F3N5.H2/c21-20(22,23)17-16-15(3-7-26-18(16)28-27-17)13-8-12(2-1-6-24)9-14(10-13)19(11-25)4-5-19;/h3,7-10H,1-2,4-6,24H2,(H,26,27,28);1H. The molecule has 0 bridgehead atoms. The molecule has 2 heterocycles. The summed E-state index contributed by atoms with van der Waals surface area (Å²) < 4.78 is 40.4. The van der Waals surface area contributed by atoms with Crippen molar-refractivity contribution in [1.82, 2.24) is 15.2 Å². The maximum Gasteiger partial charge on any atom is 0.433 e. The second-order valence-electron chi connectivity index (χ2n) is 7.16. The Morgan fingerprint density at radius 2 is 2.07 bits per heavy atom. The van der Waals surface area contributed by atoms with Gasteiger partial charge < -0.3 is 5.73 Å². The van der Waals surface area contributed by atoms with Gasteiger partial charge in [-0.05, 0) is 66.6 Å². The van der Waals surface area contributed by atoms with Crippen molar-refractivity contribution in [2.24, 2.45) is 5.73 Å². The molecular weight excluding hydrogens is 367 g/mol. The summed E-state index contributed by atoms with van der Waals surface area (Å²) in [5.74, 6) is 0. The maximum absolute atomic E-state index is 13.5. The summed E-state index contributed by atoms with van der Waals surface area (Å²) in [5.41, 5.74) is 7.01. The average molecular weight is 387 g/mol. The Labute approximate surface area is 160 Å². The summed E-state index contributed by atoms with van der Waals surface area (Å²) in [6.45, 7) is 0.516. The van der Waals surface area contributed by atoms with E-state index >= 15 is 0 Å². The normalized spacial score (nSPS) is 15.5. The topological polar surface area (TPSA) is 91.4 Å². The first-order valence-electron chi connectivity index (χ1n) is 9.04. The number of aryl methyl sites for hydroxylation is 1. The molecule has 0 aliphatic heterocycles. The Morgan fingerprint density at radius 3 is 2.71 bits per heavy atom. The van der Waals surface area contributed by atoms with Gasteiger partial charge in [0.25, 0.3) is 0 Å². The molecule has 3 N–H and O–H groups in total. The van der Waals surface area contributed by atoms with Crippen molar-refractivity contribution < 1.29 is 14.6 Å². The molecule has 0 saturated heterocycles. The molecule has 8 heteroatoms. The van der Waals surface area contributed by atoms with Gasteiger partial charge in [-0.2, -0.15) is 23.5 Å². The van der Waals surface area contributed by atoms with E-state index < -0.39 is 17.3 Å². The lowest BCUT2D eigenvalue weighted by Crippen LogP contribution is -2.07. The van der Waals surface area contributed by atoms with Crippen LogP contribution in [0.25, 0.3) is 22.2 Å². The molecule has 0 atom stereocenters. The minimum atomic E-state index is -4.57. The van der Waals surface area contributed by atoms with Crippen LogP contribution in [0.4, 0.5) is 13.2 Å². The molecule has 0 amide bonds. The Bertz CT molecular complexity index is 1080. The quantitative estimate of drug-likeness (QED) is 0.681. The number of pyridine rings is 1. The highest BCUT2D eigenvalue weighted by Crippen LogP contribution is 2.49. The predicted octanol–water partition coefficient (Wildman–Crippen LogP) is 4.34. The SMILES string of the molecule is N#CC1(c2cc(CCCN)cc(-c3ccnc4n[nH]c(C(F)(F)F)c34)c2)CC1.[HH]. The van der Waals surface area contributed by atoms with Gasteiger partial charge in [0.1, 0.15) is 5.69 Å². The first-order valence-corrected chi connectivity index (χ1v) is 9.04. The molecule has 28 heavy (non-hydrogen) atoms. The third kappa shape index (κ3) is 3.12. The fourth-order valence-corrected chi connectivity index (χ4v) is 3.56. The number of benzene rings is 1. The fourth-order valence-electron chi connectivity index (χ4n) is 3.56. The van der Waals surface area contributed by atoms with Crippen LogP contribution in [-0.2, 0) is 18.0 Å². The molecule has 0 radical (unpaired) electrons. The molecule has 146 valence electrons. The second-order valence-corrected chi connectivity index (χ2v) is 7.16. The van der Waals surface area contributed by atoms with Crippen LogP contribution >= 0.6 is 0 Å². The highest BCUT2D eigenvalue weighted by atomic mass is 19.4. The van der Waals surface area contributed by atoms with Gasteiger partial charge >= 0.3 is 6.18 Å². The summed E-state index contributed by atoms with van der Waals surface area (Å²) >= 11 is 0. The number of nitrogens with two attached hydrogens (primary N) is 1. The number of rotatable bonds is 5. The van der Waals surface area contributed by atoms with Crippen LogP contribution in [0.5, 0.6) is 0 Å². The summed E-state index contributed by atoms with van der Waals surface area (Å²) in [6, 6.07) is 9.60. The molecule has 1 fully saturated rings. The first kappa shape index (κ1) is 18.4. The van der Waals surface area contributed by atoms with Crippen molar-refractivity contribution in [2.45, 2.75) is 37.3 Å². The third-order valence-corrected chi connectivity index (χ3v) is 5.23. The predicted molar refractivity (Wildman–Crippen MR) is 100 cm³/mol. The zero-order valence-electron chi connectivity index (χ0n) is 15.0. The lowest BCUT2D eigenvalue weighted by atomic mass is 9.89. The van der Waals surface area contributed by atoms with E-state index in [4.69, 9.17) is 5.73 Å². The number of alkyl halides is 3. The van der Waals surface area contributed by atoms with Crippen LogP contribution in [0.2, 0.25) is 0 Å². The minimum Gasteiger partial charge on any atom is -0.330 e. The smallest absolute Gasteiger partial charge is 0.330 e. The number of aromatic nitrogens is 3. The second kappa shape index (κ2) is 6.60. The molecule has 1 aliphatic carbocycles. The Kier molecular flexibility index (Phi) is 4.35. The van der Waals surface area contributed by atoms with Gasteiger partial charge in [0.05, 0.1) is 16.9 Å². The largest absolute Gasteiger partial charge is 0.433 e. The maximum atomic E-state index is 13.5. The van der Waals surface area contributed by atoms with E-state index in [0.29, 0.717) is 24.1 Å². The van der Waals surface area contributed by atoms with Crippen LogP contribution in [0.3, 0.4) is 0 Å². The number of nitrogens with one attached hydrogen (secondary N) is 1. The highest BCUT2D eigenvalue weighted by Gasteiger charge is 2.45. The van der Waals surface area contributed by atoms with E-state index in [2.05, 4.69) is 21.3 Å². The number of nitriles is 1. The van der Waals surface area contributed by atoms with Crippen molar-refractivity contribution in [1.29, 1.82) is 5.26 Å². The first-order chi connectivity index (χ1) is 13.4. The van der Waals surface area contributed by atoms with Gasteiger partial charge in [-0.15, -0.1) is 0 Å². The van der Waals surface area contributed by atoms with Crippen molar-refractivity contribution in [2.75, 3.05) is 6.54 Å². The van der Waals surface area contributed by atoms with Crippen LogP contribution in [0.1, 0.15) is 37.5 Å². The molecular formula is C20H20F3N5. The minimum absolute atomic E-state index is 0. The summed E-state index contributed by atoms with van der Waals surface area (Å²) in [5, 5.41) is 15.3. The van der Waals surface area contributed by atoms with Crippen LogP contribution in [0.15, 0.2) is 30.5 Å². The third-order valence-electron chi connectivity index (χ3n) is 5.23. The van der Waals surface area contributed by atoms with E-state index in [1.807, 2.05) is 18.2 Å². The van der Waals surface area contributed by atoms with E-state index in [-0.39, 0.29) is 12.5 Å². The molecule has 1 aromatic carbocycles. The van der Waals surface area contributed by atoms with Crippen molar-refractivity contribution in [3.8, 4) is 17.2 Å². The van der Waals surface area contributed by atoms with Crippen molar-refractivity contribution in [3.63, 3.8) is 0 Å². The van der Waals surface area contributed by atoms with Gasteiger partial charge in [0.2, 0.25) is 0 Å². The Morgan fingerprint density at radius 1 is 1.29 bits per heavy atom. The molecule has 1 aliphatic rings. The van der Waals surface area contributed by atoms with Gasteiger partial charge in [0.15, 0.2) is 5.65 Å². The van der Waals surface area contributed by atoms with E-state index in [1.165, 1.54) is 6.20 Å². The van der Waals surface area contributed by atoms with Gasteiger partial charge in [0, 0.05) is 7.62 Å². The molecule has 4 rings (SSSR count). The van der Waals surface area contributed by atoms with E-state index in [9.17, 15) is 18.4 Å². The lowest BCUT2D eigenvalue weighted by Gasteiger charge is -2.14. The number of hydrogen-bond acceptors (Lipinski definition) is 4. The monoisotopic (exact) mass is 387 g/mol. The molecule has 2 aromatic heterocycles. The van der Waals surface area contributed by atoms with Crippen LogP contribution < -0.4 is 5.73 Å². The highest BCUT2D eigenvalue weighted by molar-refractivity contribution is 5.95. The summed E-state index contributed by atoms with van der Waals surface area (Å²) in [7, 11) is 0. The molecule has 5 nitrogen and oxygen atoms in total. The van der Waals surface area contributed by atoms with Crippen LogP contribution in [0, 0.1) is 11.3 Å². The lowest BCUT2D eigenvalue weighted by molar-refractivity contribution is -0.139. The van der Waals surface area contributed by atoms with Crippen LogP contribution in [-0.4, -0.2) is 21.7 Å². The zero-order chi connectivity index (χ0) is 19.9. The number of H-pyrrole nitrogens is 1. The molecule has 1 saturated carbocycles. The Hall–Kier alpha value is -2.92. The van der Waals surface area contributed by atoms with Crippen molar-refractivity contribution in [3.05, 3.63) is 47.3 Å². The van der Waals surface area contributed by atoms with Gasteiger partial charge in [-0.25, -0.2) is 4.98 Å². The average Bonchev–Trinajstić information content (AvgIpc) is 3.35. The summed E-state index contributed by atoms with van der Waals surface area (Å²) in [4.78, 5) is 3.96. The van der Waals surface area contributed by atoms with E-state index in [1.54, 1.807) is 6.07 Å². The molecule has 0 spiro atoms. The number of halogens is 3. The number of hydrogen-bond donors (Lipinski definition) is 2. The Balaban J connectivity index is 0.00000240. The number of aromatic amines is 1. The zero-order valence-corrected chi connectivity index (χ0v) is 15.0. The van der Waals surface area contributed by atoms with Crippen molar-refractivity contribution >= 4 is 11.0 Å². The van der Waals surface area contributed by atoms with E-state index in [0.717, 1.165) is 30.4 Å². The molecule has 3 aromatic rings. The van der Waals surface area contributed by atoms with Gasteiger partial charge in [-0.1, -0.05) is 12.1 Å². The molecule has 0 unspecified atom stereocenters. The summed E-state index contributed by atoms with van der Waals surface area (Å²) in [6.07, 6.45) is -0.152. The fraction of sp³-hybridized carbons (Fsp3) is 0.350. The number of nitrogens with zero attached hydrogens (tertiary/aromatic N) is 3. The van der Waals surface area contributed by atoms with Gasteiger partial charge in [-0.3, -0.25) is 5.10 Å².